The molecule has 1 N–H and O–H groups in total. The number of fused-ring (bicyclic) bond motifs is 1. The highest BCUT2D eigenvalue weighted by Crippen LogP contribution is 2.36. The fourth-order valence-corrected chi connectivity index (χ4v) is 6.54. The monoisotopic (exact) mass is 622 g/mol. The molecule has 45 heavy (non-hydrogen) atoms. The van der Waals surface area contributed by atoms with Gasteiger partial charge in [-0.3, -0.25) is 4.98 Å². The van der Waals surface area contributed by atoms with Crippen molar-refractivity contribution in [3.8, 4) is 11.1 Å². The second kappa shape index (κ2) is 11.7. The van der Waals surface area contributed by atoms with Crippen LogP contribution in [0.15, 0.2) is 80.3 Å². The van der Waals surface area contributed by atoms with Crippen molar-refractivity contribution in [2.45, 2.75) is 39.8 Å². The summed E-state index contributed by atoms with van der Waals surface area (Å²) in [7, 11) is 0. The third-order valence-electron chi connectivity index (χ3n) is 8.55. The zero-order chi connectivity index (χ0) is 32.0. The molecule has 0 bridgehead atoms. The topological polar surface area (TPSA) is 70.3 Å². The summed E-state index contributed by atoms with van der Waals surface area (Å²) in [6.45, 7) is 19.2. The van der Waals surface area contributed by atoms with Crippen LogP contribution in [0.25, 0.3) is 33.6 Å². The lowest BCUT2D eigenvalue weighted by Crippen LogP contribution is -2.58. The van der Waals surface area contributed by atoms with Gasteiger partial charge in [-0.1, -0.05) is 36.9 Å². The predicted molar refractivity (Wildman–Crippen MR) is 181 cm³/mol. The SMILES string of the molecule is C=C(O)c1c(C)cc(N2CCN(C(=C)c3ccc4c(-c5ccc(Cl)c(F)c5)cn(Cc5cccnc5)c4n3)C(C)(C)C2)nc1C. The molecule has 0 aliphatic carbocycles. The first-order valence-electron chi connectivity index (χ1n) is 14.9. The lowest BCUT2D eigenvalue weighted by Gasteiger charge is -2.49. The van der Waals surface area contributed by atoms with E-state index in [2.05, 4.69) is 46.4 Å². The van der Waals surface area contributed by atoms with E-state index in [0.29, 0.717) is 12.1 Å². The van der Waals surface area contributed by atoms with Gasteiger partial charge in [0.1, 0.15) is 23.0 Å². The van der Waals surface area contributed by atoms with Crippen LogP contribution in [0.4, 0.5) is 10.2 Å². The first kappa shape index (κ1) is 30.3. The Morgan fingerprint density at radius 3 is 2.53 bits per heavy atom. The number of aliphatic hydroxyl groups is 1. The van der Waals surface area contributed by atoms with Crippen LogP contribution in [0.3, 0.4) is 0 Å². The molecule has 5 heterocycles. The molecular formula is C36H36ClFN6O. The highest BCUT2D eigenvalue weighted by molar-refractivity contribution is 6.30. The highest BCUT2D eigenvalue weighted by atomic mass is 35.5. The number of hydrogen-bond donors (Lipinski definition) is 1. The average Bonchev–Trinajstić information content (AvgIpc) is 3.35. The standard InChI is InChI=1S/C36H36ClFN6O/c1-22-16-33(40-23(2)34(22)25(4)45)42-14-15-44(36(5,6)21-42)24(3)32-12-10-28-29(27-9-11-30(37)31(38)17-27)20-43(35(28)41-32)19-26-8-7-13-39-18-26/h7-13,16-18,20,45H,3-4,14-15,19,21H2,1-2,5-6H3. The Labute approximate surface area is 268 Å². The number of hydrogen-bond acceptors (Lipinski definition) is 6. The summed E-state index contributed by atoms with van der Waals surface area (Å²) in [5, 5.41) is 11.0. The van der Waals surface area contributed by atoms with E-state index in [4.69, 9.17) is 21.6 Å². The Hall–Kier alpha value is -4.69. The summed E-state index contributed by atoms with van der Waals surface area (Å²) < 4.78 is 16.6. The number of benzene rings is 1. The van der Waals surface area contributed by atoms with Gasteiger partial charge >= 0.3 is 0 Å². The average molecular weight is 623 g/mol. The van der Waals surface area contributed by atoms with Crippen LogP contribution in [0, 0.1) is 19.7 Å². The second-order valence-corrected chi connectivity index (χ2v) is 12.7. The molecule has 0 radical (unpaired) electrons. The number of aromatic nitrogens is 4. The zero-order valence-corrected chi connectivity index (χ0v) is 26.7. The molecule has 6 rings (SSSR count). The molecular weight excluding hydrogens is 587 g/mol. The molecule has 4 aromatic heterocycles. The molecule has 1 fully saturated rings. The summed E-state index contributed by atoms with van der Waals surface area (Å²) >= 11 is 5.99. The number of aryl methyl sites for hydroxylation is 2. The lowest BCUT2D eigenvalue weighted by atomic mass is 9.96. The van der Waals surface area contributed by atoms with E-state index in [0.717, 1.165) is 75.8 Å². The van der Waals surface area contributed by atoms with E-state index < -0.39 is 5.82 Å². The first-order chi connectivity index (χ1) is 21.4. The number of pyridine rings is 3. The minimum Gasteiger partial charge on any atom is -0.508 e. The van der Waals surface area contributed by atoms with Crippen LogP contribution in [0.1, 0.15) is 41.9 Å². The molecule has 1 saturated heterocycles. The van der Waals surface area contributed by atoms with Gasteiger partial charge in [0.2, 0.25) is 0 Å². The Morgan fingerprint density at radius 2 is 1.87 bits per heavy atom. The summed E-state index contributed by atoms with van der Waals surface area (Å²) in [6.07, 6.45) is 5.60. The molecule has 5 aromatic rings. The number of nitrogens with zero attached hydrogens (tertiary/aromatic N) is 6. The van der Waals surface area contributed by atoms with Crippen molar-refractivity contribution in [2.24, 2.45) is 0 Å². The molecule has 0 unspecified atom stereocenters. The van der Waals surface area contributed by atoms with Crippen LogP contribution in [-0.2, 0) is 6.54 Å². The molecule has 7 nitrogen and oxygen atoms in total. The van der Waals surface area contributed by atoms with Gasteiger partial charge in [-0.2, -0.15) is 0 Å². The lowest BCUT2D eigenvalue weighted by molar-refractivity contribution is 0.178. The van der Waals surface area contributed by atoms with Crippen LogP contribution < -0.4 is 4.90 Å². The highest BCUT2D eigenvalue weighted by Gasteiger charge is 2.36. The van der Waals surface area contributed by atoms with E-state index in [1.807, 2.05) is 62.6 Å². The van der Waals surface area contributed by atoms with Crippen molar-refractivity contribution >= 4 is 39.9 Å². The Bertz CT molecular complexity index is 1930. The zero-order valence-electron chi connectivity index (χ0n) is 26.0. The summed E-state index contributed by atoms with van der Waals surface area (Å²) in [6, 6.07) is 14.9. The van der Waals surface area contributed by atoms with E-state index in [1.165, 1.54) is 6.07 Å². The molecule has 0 spiro atoms. The molecule has 230 valence electrons. The van der Waals surface area contributed by atoms with Crippen LogP contribution >= 0.6 is 11.6 Å². The predicted octanol–water partition coefficient (Wildman–Crippen LogP) is 8.05. The molecule has 0 atom stereocenters. The van der Waals surface area contributed by atoms with Gasteiger partial charge in [0.25, 0.3) is 0 Å². The summed E-state index contributed by atoms with van der Waals surface area (Å²) in [5.41, 5.74) is 7.15. The summed E-state index contributed by atoms with van der Waals surface area (Å²) in [5.74, 6) is 0.457. The van der Waals surface area contributed by atoms with E-state index in [1.54, 1.807) is 12.3 Å². The van der Waals surface area contributed by atoms with Gasteiger partial charge in [-0.25, -0.2) is 14.4 Å². The number of halogens is 2. The number of rotatable bonds is 7. The van der Waals surface area contributed by atoms with Crippen molar-refractivity contribution in [3.05, 3.63) is 119 Å². The maximum absolute atomic E-state index is 14.5. The van der Waals surface area contributed by atoms with Gasteiger partial charge < -0.3 is 19.5 Å². The fourth-order valence-electron chi connectivity index (χ4n) is 6.43. The van der Waals surface area contributed by atoms with Gasteiger partial charge in [0, 0.05) is 54.7 Å². The van der Waals surface area contributed by atoms with Gasteiger partial charge in [0.05, 0.1) is 34.2 Å². The minimum absolute atomic E-state index is 0.0361. The second-order valence-electron chi connectivity index (χ2n) is 12.3. The van der Waals surface area contributed by atoms with Crippen LogP contribution in [-0.4, -0.2) is 54.7 Å². The van der Waals surface area contributed by atoms with E-state index >= 15 is 0 Å². The fraction of sp³-hybridized carbons (Fsp3) is 0.250. The van der Waals surface area contributed by atoms with Crippen molar-refractivity contribution in [3.63, 3.8) is 0 Å². The van der Waals surface area contributed by atoms with Crippen molar-refractivity contribution in [1.29, 1.82) is 0 Å². The number of aliphatic hydroxyl groups excluding tert-OH is 1. The first-order valence-corrected chi connectivity index (χ1v) is 15.2. The van der Waals surface area contributed by atoms with Crippen molar-refractivity contribution in [1.82, 2.24) is 24.4 Å². The molecule has 9 heteroatoms. The Kier molecular flexibility index (Phi) is 7.87. The number of piperazine rings is 1. The Balaban J connectivity index is 1.33. The van der Waals surface area contributed by atoms with Gasteiger partial charge in [-0.05, 0) is 80.8 Å². The molecule has 0 amide bonds. The molecule has 1 aliphatic heterocycles. The largest absolute Gasteiger partial charge is 0.508 e. The number of anilines is 1. The minimum atomic E-state index is -0.461. The third-order valence-corrected chi connectivity index (χ3v) is 8.86. The van der Waals surface area contributed by atoms with E-state index in [9.17, 15) is 9.50 Å². The van der Waals surface area contributed by atoms with Crippen LogP contribution in [0.5, 0.6) is 0 Å². The van der Waals surface area contributed by atoms with Crippen molar-refractivity contribution < 1.29 is 9.50 Å². The van der Waals surface area contributed by atoms with Gasteiger partial charge in [0.15, 0.2) is 0 Å². The van der Waals surface area contributed by atoms with Crippen molar-refractivity contribution in [2.75, 3.05) is 24.5 Å². The normalized spacial score (nSPS) is 14.6. The van der Waals surface area contributed by atoms with Crippen LogP contribution in [0.2, 0.25) is 5.02 Å². The smallest absolute Gasteiger partial charge is 0.142 e. The molecule has 1 aliphatic rings. The Morgan fingerprint density at radius 1 is 1.07 bits per heavy atom. The van der Waals surface area contributed by atoms with Gasteiger partial charge in [-0.15, -0.1) is 0 Å². The maximum Gasteiger partial charge on any atom is 0.142 e. The maximum atomic E-state index is 14.5. The summed E-state index contributed by atoms with van der Waals surface area (Å²) in [4.78, 5) is 18.8. The van der Waals surface area contributed by atoms with E-state index in [-0.39, 0.29) is 16.3 Å². The third kappa shape index (κ3) is 5.78. The molecule has 1 aromatic carbocycles. The molecule has 0 saturated carbocycles. The quantitative estimate of drug-likeness (QED) is 0.185.